The van der Waals surface area contributed by atoms with Crippen LogP contribution < -0.4 is 0 Å². The van der Waals surface area contributed by atoms with E-state index >= 15 is 0 Å². The minimum atomic E-state index is -3.53. The Hall–Kier alpha value is -3.19. The summed E-state index contributed by atoms with van der Waals surface area (Å²) >= 11 is 0. The van der Waals surface area contributed by atoms with E-state index in [1.807, 2.05) is 0 Å². The summed E-state index contributed by atoms with van der Waals surface area (Å²) in [6.45, 7) is 0. The number of fused-ring (bicyclic) bond motifs is 1. The fourth-order valence-electron chi connectivity index (χ4n) is 3.10. The zero-order valence-electron chi connectivity index (χ0n) is 15.2. The molecule has 0 aliphatic carbocycles. The first-order valence-electron chi connectivity index (χ1n) is 8.62. The van der Waals surface area contributed by atoms with Crippen LogP contribution in [0.1, 0.15) is 22.5 Å². The molecule has 0 unspecified atom stereocenters. The predicted molar refractivity (Wildman–Crippen MR) is 106 cm³/mol. The number of hydrogen-bond acceptors (Lipinski definition) is 5. The summed E-state index contributed by atoms with van der Waals surface area (Å²) in [6.07, 6.45) is 2.27. The van der Waals surface area contributed by atoms with Crippen LogP contribution >= 0.6 is 0 Å². The van der Waals surface area contributed by atoms with Crippen LogP contribution in [0.15, 0.2) is 71.0 Å². The Bertz CT molecular complexity index is 1140. The Morgan fingerprint density at radius 1 is 1.07 bits per heavy atom. The molecule has 1 aromatic heterocycles. The number of carbonyl (C=O) groups excluding carboxylic acids is 2. The molecule has 3 aromatic rings. The molecule has 0 fully saturated rings. The standard InChI is InChI=1S/C21H19NO5S/c1-27-21(24)22-19-12-6-5-11-17(19)18(15-23)20(22)13-7-8-14-28(25,26)16-9-3-2-4-10-16/h2-6,8-12,14-15H,7,13H2,1H3/b14-8+. The number of sulfone groups is 1. The second kappa shape index (κ2) is 8.22. The highest BCUT2D eigenvalue weighted by atomic mass is 32.2. The highest BCUT2D eigenvalue weighted by molar-refractivity contribution is 7.94. The number of aromatic nitrogens is 1. The van der Waals surface area contributed by atoms with E-state index < -0.39 is 15.9 Å². The molecular weight excluding hydrogens is 378 g/mol. The van der Waals surface area contributed by atoms with Gasteiger partial charge in [0.2, 0.25) is 0 Å². The van der Waals surface area contributed by atoms with E-state index in [2.05, 4.69) is 0 Å². The highest BCUT2D eigenvalue weighted by Crippen LogP contribution is 2.26. The smallest absolute Gasteiger partial charge is 0.418 e. The number of carbonyl (C=O) groups is 2. The van der Waals surface area contributed by atoms with Gasteiger partial charge in [-0.05, 0) is 31.0 Å². The largest absolute Gasteiger partial charge is 0.452 e. The minimum Gasteiger partial charge on any atom is -0.452 e. The molecule has 6 nitrogen and oxygen atoms in total. The van der Waals surface area contributed by atoms with E-state index in [4.69, 9.17) is 4.74 Å². The topological polar surface area (TPSA) is 82.4 Å². The lowest BCUT2D eigenvalue weighted by Crippen LogP contribution is -2.15. The third-order valence-corrected chi connectivity index (χ3v) is 5.87. The fourth-order valence-corrected chi connectivity index (χ4v) is 4.18. The van der Waals surface area contributed by atoms with Crippen molar-refractivity contribution < 1.29 is 22.7 Å². The Balaban J connectivity index is 1.90. The number of ether oxygens (including phenoxy) is 1. The summed E-state index contributed by atoms with van der Waals surface area (Å²) in [7, 11) is -2.26. The van der Waals surface area contributed by atoms with Crippen molar-refractivity contribution in [3.8, 4) is 0 Å². The van der Waals surface area contributed by atoms with Crippen LogP contribution in [0.4, 0.5) is 4.79 Å². The quantitative estimate of drug-likeness (QED) is 0.588. The van der Waals surface area contributed by atoms with Crippen molar-refractivity contribution in [3.63, 3.8) is 0 Å². The monoisotopic (exact) mass is 397 g/mol. The summed E-state index contributed by atoms with van der Waals surface area (Å²) in [5, 5.41) is 1.80. The summed E-state index contributed by atoms with van der Waals surface area (Å²) in [5.74, 6) is 0. The van der Waals surface area contributed by atoms with Crippen LogP contribution in [0.25, 0.3) is 10.9 Å². The van der Waals surface area contributed by atoms with Crippen molar-refractivity contribution in [2.24, 2.45) is 0 Å². The van der Waals surface area contributed by atoms with E-state index in [1.165, 1.54) is 29.9 Å². The molecule has 0 N–H and O–H groups in total. The van der Waals surface area contributed by atoms with Gasteiger partial charge in [0.15, 0.2) is 16.1 Å². The molecule has 0 radical (unpaired) electrons. The minimum absolute atomic E-state index is 0.212. The van der Waals surface area contributed by atoms with Gasteiger partial charge in [-0.15, -0.1) is 0 Å². The van der Waals surface area contributed by atoms with E-state index in [0.717, 1.165) is 5.41 Å². The van der Waals surface area contributed by atoms with Gasteiger partial charge < -0.3 is 4.74 Å². The lowest BCUT2D eigenvalue weighted by molar-refractivity contribution is 0.112. The van der Waals surface area contributed by atoms with Gasteiger partial charge in [0.05, 0.1) is 17.5 Å². The van der Waals surface area contributed by atoms with Crippen molar-refractivity contribution in [2.45, 2.75) is 17.7 Å². The fraction of sp³-hybridized carbons (Fsp3) is 0.143. The van der Waals surface area contributed by atoms with Crippen LogP contribution in [0.3, 0.4) is 0 Å². The van der Waals surface area contributed by atoms with Gasteiger partial charge in [-0.1, -0.05) is 42.5 Å². The molecule has 0 aliphatic heterocycles. The molecule has 28 heavy (non-hydrogen) atoms. The second-order valence-corrected chi connectivity index (χ2v) is 7.90. The maximum absolute atomic E-state index is 12.3. The van der Waals surface area contributed by atoms with Crippen LogP contribution in [0, 0.1) is 0 Å². The molecule has 2 aromatic carbocycles. The zero-order valence-corrected chi connectivity index (χ0v) is 16.1. The average Bonchev–Trinajstić information content (AvgIpc) is 3.04. The van der Waals surface area contributed by atoms with Gasteiger partial charge in [0.25, 0.3) is 0 Å². The number of nitrogens with zero attached hydrogens (tertiary/aromatic N) is 1. The van der Waals surface area contributed by atoms with Crippen LogP contribution in [0.5, 0.6) is 0 Å². The number of allylic oxidation sites excluding steroid dienone is 1. The molecule has 144 valence electrons. The normalized spacial score (nSPS) is 11.8. The summed E-state index contributed by atoms with van der Waals surface area (Å²) < 4.78 is 30.8. The van der Waals surface area contributed by atoms with Gasteiger partial charge >= 0.3 is 6.09 Å². The molecule has 0 atom stereocenters. The number of para-hydroxylation sites is 1. The van der Waals surface area contributed by atoms with Gasteiger partial charge in [-0.2, -0.15) is 0 Å². The number of benzene rings is 2. The summed E-state index contributed by atoms with van der Waals surface area (Å²) in [5.41, 5.74) is 1.47. The molecule has 0 amide bonds. The lowest BCUT2D eigenvalue weighted by atomic mass is 10.1. The van der Waals surface area contributed by atoms with Crippen molar-refractivity contribution >= 4 is 33.1 Å². The number of hydrogen-bond donors (Lipinski definition) is 0. The van der Waals surface area contributed by atoms with Crippen molar-refractivity contribution in [2.75, 3.05) is 7.11 Å². The first-order chi connectivity index (χ1) is 13.5. The molecule has 0 bridgehead atoms. The molecule has 3 rings (SSSR count). The first-order valence-corrected chi connectivity index (χ1v) is 10.2. The first kappa shape index (κ1) is 19.6. The molecule has 7 heteroatoms. The van der Waals surface area contributed by atoms with E-state index in [1.54, 1.807) is 42.5 Å². The van der Waals surface area contributed by atoms with Gasteiger partial charge in [-0.3, -0.25) is 4.79 Å². The molecule has 0 aliphatic rings. The Morgan fingerprint density at radius 3 is 2.43 bits per heavy atom. The maximum Gasteiger partial charge on any atom is 0.418 e. The Labute approximate surface area is 163 Å². The SMILES string of the molecule is COC(=O)n1c(CC/C=C/S(=O)(=O)c2ccccc2)c(C=O)c2ccccc21. The molecule has 0 saturated heterocycles. The second-order valence-electron chi connectivity index (χ2n) is 6.07. The van der Waals surface area contributed by atoms with Gasteiger partial charge in [-0.25, -0.2) is 17.8 Å². The molecule has 1 heterocycles. The van der Waals surface area contributed by atoms with Crippen LogP contribution in [0.2, 0.25) is 0 Å². The van der Waals surface area contributed by atoms with Gasteiger partial charge in [0.1, 0.15) is 0 Å². The van der Waals surface area contributed by atoms with Crippen molar-refractivity contribution in [3.05, 3.63) is 77.3 Å². The van der Waals surface area contributed by atoms with Crippen molar-refractivity contribution in [1.82, 2.24) is 4.57 Å². The zero-order chi connectivity index (χ0) is 20.1. The third-order valence-electron chi connectivity index (χ3n) is 4.39. The number of rotatable bonds is 6. The highest BCUT2D eigenvalue weighted by Gasteiger charge is 2.20. The Kier molecular flexibility index (Phi) is 5.75. The third kappa shape index (κ3) is 3.75. The van der Waals surface area contributed by atoms with Crippen LogP contribution in [-0.4, -0.2) is 32.5 Å². The van der Waals surface area contributed by atoms with E-state index in [0.29, 0.717) is 41.3 Å². The summed E-state index contributed by atoms with van der Waals surface area (Å²) in [6, 6.07) is 15.2. The predicted octanol–water partition coefficient (Wildman–Crippen LogP) is 3.99. The van der Waals surface area contributed by atoms with E-state index in [-0.39, 0.29) is 4.90 Å². The number of methoxy groups -OCH3 is 1. The van der Waals surface area contributed by atoms with E-state index in [9.17, 15) is 18.0 Å². The molecule has 0 saturated carbocycles. The maximum atomic E-state index is 12.3. The number of aldehydes is 1. The lowest BCUT2D eigenvalue weighted by Gasteiger charge is -2.07. The molecule has 0 spiro atoms. The molecular formula is C21H19NO5S. The average molecular weight is 397 g/mol. The Morgan fingerprint density at radius 2 is 1.75 bits per heavy atom. The summed E-state index contributed by atoms with van der Waals surface area (Å²) in [4.78, 5) is 24.1. The van der Waals surface area contributed by atoms with Crippen LogP contribution in [-0.2, 0) is 21.0 Å². The van der Waals surface area contributed by atoms with Crippen molar-refractivity contribution in [1.29, 1.82) is 0 Å². The van der Waals surface area contributed by atoms with Gasteiger partial charge in [0, 0.05) is 22.1 Å².